The molecule has 0 rings (SSSR count). The van der Waals surface area contributed by atoms with E-state index >= 15 is 0 Å². The Kier molecular flexibility index (Phi) is 17.1. The summed E-state index contributed by atoms with van der Waals surface area (Å²) in [4.78, 5) is 0. The van der Waals surface area contributed by atoms with Crippen LogP contribution in [-0.2, 0) is 0 Å². The van der Waals surface area contributed by atoms with Crippen LogP contribution in [0.5, 0.6) is 0 Å². The molecule has 1 atom stereocenters. The highest BCUT2D eigenvalue weighted by molar-refractivity contribution is 4.57. The third kappa shape index (κ3) is 17.9. The SMILES string of the molecule is OCCCCCCC(O)CCCCCCCCCCC(O)O. The lowest BCUT2D eigenvalue weighted by Crippen LogP contribution is -2.06. The lowest BCUT2D eigenvalue weighted by Gasteiger charge is -2.10. The summed E-state index contributed by atoms with van der Waals surface area (Å²) in [6, 6.07) is 0. The molecule has 0 radical (unpaired) electrons. The van der Waals surface area contributed by atoms with Gasteiger partial charge in [0.2, 0.25) is 0 Å². The topological polar surface area (TPSA) is 80.9 Å². The molecule has 0 saturated carbocycles. The van der Waals surface area contributed by atoms with Crippen molar-refractivity contribution in [1.29, 1.82) is 0 Å². The van der Waals surface area contributed by atoms with Gasteiger partial charge in [0.05, 0.1) is 6.10 Å². The summed E-state index contributed by atoms with van der Waals surface area (Å²) in [5.74, 6) is 0. The Morgan fingerprint density at radius 1 is 0.455 bits per heavy atom. The molecule has 4 nitrogen and oxygen atoms in total. The molecule has 0 aliphatic rings. The number of aliphatic hydroxyl groups excluding tert-OH is 3. The molecule has 0 fully saturated rings. The molecule has 0 heterocycles. The molecule has 0 aliphatic heterocycles. The third-order valence-corrected chi connectivity index (χ3v) is 4.20. The van der Waals surface area contributed by atoms with E-state index in [0.717, 1.165) is 57.8 Å². The number of aliphatic hydroxyl groups is 4. The van der Waals surface area contributed by atoms with Gasteiger partial charge in [0.1, 0.15) is 0 Å². The van der Waals surface area contributed by atoms with Gasteiger partial charge < -0.3 is 20.4 Å². The Hall–Kier alpha value is -0.160. The van der Waals surface area contributed by atoms with E-state index in [2.05, 4.69) is 0 Å². The molecule has 0 saturated heterocycles. The third-order valence-electron chi connectivity index (χ3n) is 4.20. The van der Waals surface area contributed by atoms with Crippen molar-refractivity contribution in [3.63, 3.8) is 0 Å². The molecule has 0 aromatic heterocycles. The van der Waals surface area contributed by atoms with Crippen molar-refractivity contribution in [2.24, 2.45) is 0 Å². The molecule has 4 heteroatoms. The monoisotopic (exact) mass is 318 g/mol. The zero-order valence-electron chi connectivity index (χ0n) is 14.3. The fourth-order valence-electron chi connectivity index (χ4n) is 2.76. The molecular formula is C18H38O4. The van der Waals surface area contributed by atoms with Gasteiger partial charge in [0, 0.05) is 6.61 Å². The van der Waals surface area contributed by atoms with Crippen LogP contribution in [0.2, 0.25) is 0 Å². The van der Waals surface area contributed by atoms with Crippen LogP contribution in [0.25, 0.3) is 0 Å². The lowest BCUT2D eigenvalue weighted by molar-refractivity contribution is -0.0466. The first-order chi connectivity index (χ1) is 10.7. The number of unbranched alkanes of at least 4 members (excludes halogenated alkanes) is 10. The minimum absolute atomic E-state index is 0.140. The predicted molar refractivity (Wildman–Crippen MR) is 90.6 cm³/mol. The van der Waals surface area contributed by atoms with Crippen LogP contribution >= 0.6 is 0 Å². The number of rotatable bonds is 17. The quantitative estimate of drug-likeness (QED) is 0.244. The fraction of sp³-hybridized carbons (Fsp3) is 1.00. The molecular weight excluding hydrogens is 280 g/mol. The van der Waals surface area contributed by atoms with Crippen molar-refractivity contribution in [2.75, 3.05) is 6.61 Å². The zero-order chi connectivity index (χ0) is 16.5. The van der Waals surface area contributed by atoms with Crippen LogP contribution < -0.4 is 0 Å². The van der Waals surface area contributed by atoms with Gasteiger partial charge in [-0.15, -0.1) is 0 Å². The van der Waals surface area contributed by atoms with Crippen LogP contribution in [-0.4, -0.2) is 39.4 Å². The van der Waals surface area contributed by atoms with E-state index in [-0.39, 0.29) is 12.7 Å². The van der Waals surface area contributed by atoms with Crippen molar-refractivity contribution in [2.45, 2.75) is 109 Å². The maximum atomic E-state index is 9.86. The van der Waals surface area contributed by atoms with Crippen molar-refractivity contribution in [3.8, 4) is 0 Å². The summed E-state index contributed by atoms with van der Waals surface area (Å²) in [5.41, 5.74) is 0. The summed E-state index contributed by atoms with van der Waals surface area (Å²) in [5, 5.41) is 36.0. The first-order valence-corrected chi connectivity index (χ1v) is 9.32. The van der Waals surface area contributed by atoms with Gasteiger partial charge in [-0.05, 0) is 32.1 Å². The second kappa shape index (κ2) is 17.2. The molecule has 0 aromatic rings. The van der Waals surface area contributed by atoms with Crippen molar-refractivity contribution >= 4 is 0 Å². The summed E-state index contributed by atoms with van der Waals surface area (Å²) in [7, 11) is 0. The molecule has 134 valence electrons. The predicted octanol–water partition coefficient (Wildman–Crippen LogP) is 3.50. The average Bonchev–Trinajstić information content (AvgIpc) is 2.48. The Balaban J connectivity index is 3.12. The maximum absolute atomic E-state index is 9.86. The normalized spacial score (nSPS) is 13.0. The van der Waals surface area contributed by atoms with E-state index in [9.17, 15) is 5.11 Å². The second-order valence-corrected chi connectivity index (χ2v) is 6.47. The van der Waals surface area contributed by atoms with Gasteiger partial charge in [-0.25, -0.2) is 0 Å². The van der Waals surface area contributed by atoms with Gasteiger partial charge in [-0.1, -0.05) is 64.2 Å². The van der Waals surface area contributed by atoms with Crippen LogP contribution in [0.15, 0.2) is 0 Å². The maximum Gasteiger partial charge on any atom is 0.151 e. The summed E-state index contributed by atoms with van der Waals surface area (Å²) < 4.78 is 0. The smallest absolute Gasteiger partial charge is 0.151 e. The van der Waals surface area contributed by atoms with E-state index < -0.39 is 6.29 Å². The zero-order valence-corrected chi connectivity index (χ0v) is 14.3. The molecule has 0 aliphatic carbocycles. The minimum Gasteiger partial charge on any atom is -0.396 e. The molecule has 0 amide bonds. The van der Waals surface area contributed by atoms with Gasteiger partial charge in [0.25, 0.3) is 0 Å². The summed E-state index contributed by atoms with van der Waals surface area (Å²) in [6.45, 7) is 0.284. The molecule has 1 unspecified atom stereocenters. The van der Waals surface area contributed by atoms with Gasteiger partial charge in [-0.2, -0.15) is 0 Å². The molecule has 0 aromatic carbocycles. The Bertz CT molecular complexity index is 209. The minimum atomic E-state index is -1.14. The van der Waals surface area contributed by atoms with Gasteiger partial charge in [0.15, 0.2) is 6.29 Å². The van der Waals surface area contributed by atoms with E-state index in [1.165, 1.54) is 32.1 Å². The Labute approximate surface area is 136 Å². The lowest BCUT2D eigenvalue weighted by atomic mass is 10.0. The van der Waals surface area contributed by atoms with E-state index in [1.54, 1.807) is 0 Å². The first-order valence-electron chi connectivity index (χ1n) is 9.32. The Morgan fingerprint density at radius 3 is 1.23 bits per heavy atom. The van der Waals surface area contributed by atoms with Crippen molar-refractivity contribution in [1.82, 2.24) is 0 Å². The number of hydrogen-bond acceptors (Lipinski definition) is 4. The van der Waals surface area contributed by atoms with E-state index in [0.29, 0.717) is 6.42 Å². The van der Waals surface area contributed by atoms with Crippen molar-refractivity contribution < 1.29 is 20.4 Å². The number of hydrogen-bond donors (Lipinski definition) is 4. The Morgan fingerprint density at radius 2 is 0.818 bits per heavy atom. The summed E-state index contributed by atoms with van der Waals surface area (Å²) >= 11 is 0. The summed E-state index contributed by atoms with van der Waals surface area (Å²) in [6.07, 6.45) is 14.4. The van der Waals surface area contributed by atoms with Crippen molar-refractivity contribution in [3.05, 3.63) is 0 Å². The van der Waals surface area contributed by atoms with Gasteiger partial charge in [-0.3, -0.25) is 0 Å². The standard InChI is InChI=1S/C18H38O4/c19-16-12-8-7-10-14-17(20)13-9-5-3-1-2-4-6-11-15-18(21)22/h17-22H,1-16H2. The van der Waals surface area contributed by atoms with Crippen LogP contribution in [0, 0.1) is 0 Å². The van der Waals surface area contributed by atoms with E-state index in [1.807, 2.05) is 0 Å². The fourth-order valence-corrected chi connectivity index (χ4v) is 2.76. The highest BCUT2D eigenvalue weighted by Gasteiger charge is 2.03. The molecule has 4 N–H and O–H groups in total. The van der Waals surface area contributed by atoms with E-state index in [4.69, 9.17) is 15.3 Å². The average molecular weight is 318 g/mol. The first kappa shape index (κ1) is 21.8. The van der Waals surface area contributed by atoms with Crippen LogP contribution in [0.4, 0.5) is 0 Å². The highest BCUT2D eigenvalue weighted by atomic mass is 16.5. The van der Waals surface area contributed by atoms with Crippen LogP contribution in [0.3, 0.4) is 0 Å². The largest absolute Gasteiger partial charge is 0.396 e. The second-order valence-electron chi connectivity index (χ2n) is 6.47. The molecule has 0 bridgehead atoms. The molecule has 0 spiro atoms. The highest BCUT2D eigenvalue weighted by Crippen LogP contribution is 2.14. The van der Waals surface area contributed by atoms with Crippen LogP contribution in [0.1, 0.15) is 96.3 Å². The van der Waals surface area contributed by atoms with Gasteiger partial charge >= 0.3 is 0 Å². The molecule has 22 heavy (non-hydrogen) atoms.